The summed E-state index contributed by atoms with van der Waals surface area (Å²) in [6, 6.07) is 0. The Hall–Kier alpha value is -0.240. The molecule has 0 N–H and O–H groups in total. The third-order valence-electron chi connectivity index (χ3n) is 0.435. The first kappa shape index (κ1) is 5.76. The first-order valence-corrected chi connectivity index (χ1v) is 2.13. The van der Waals surface area contributed by atoms with Gasteiger partial charge in [-0.05, 0) is 0 Å². The summed E-state index contributed by atoms with van der Waals surface area (Å²) in [7, 11) is 0. The number of carbonyl (C=O) groups excluding carboxylic acids is 1. The Morgan fingerprint density at radius 2 is 2.50 bits per heavy atom. The zero-order valence-electron chi connectivity index (χ0n) is 3.52. The molecule has 0 aliphatic rings. The number of hydrogen-bond donors (Lipinski definition) is 0. The number of hydrogen-bond acceptors (Lipinski definition) is 2. The van der Waals surface area contributed by atoms with E-state index < -0.39 is 0 Å². The molecule has 0 aliphatic carbocycles. The highest BCUT2D eigenvalue weighted by atomic mass is 32.1. The largest absolute Gasteiger partial charge is 0.293 e. The summed E-state index contributed by atoms with van der Waals surface area (Å²) in [5, 5.41) is 2.06. The lowest BCUT2D eigenvalue weighted by atomic mass is 10.4. The molecular formula is C4H5OS. The van der Waals surface area contributed by atoms with Crippen LogP contribution in [0.1, 0.15) is 13.3 Å². The van der Waals surface area contributed by atoms with Gasteiger partial charge in [-0.25, -0.2) is 0 Å². The van der Waals surface area contributed by atoms with Crippen molar-refractivity contribution in [1.82, 2.24) is 0 Å². The van der Waals surface area contributed by atoms with Crippen LogP contribution in [0.2, 0.25) is 0 Å². The van der Waals surface area contributed by atoms with Gasteiger partial charge in [-0.1, -0.05) is 19.1 Å². The van der Waals surface area contributed by atoms with E-state index in [4.69, 9.17) is 0 Å². The predicted molar refractivity (Wildman–Crippen MR) is 27.9 cm³/mol. The Balaban J connectivity index is 3.23. The van der Waals surface area contributed by atoms with E-state index in [2.05, 4.69) is 17.6 Å². The normalized spacial score (nSPS) is 7.50. The van der Waals surface area contributed by atoms with Crippen molar-refractivity contribution in [2.75, 3.05) is 0 Å². The van der Waals surface area contributed by atoms with Crippen molar-refractivity contribution in [1.29, 1.82) is 0 Å². The minimum Gasteiger partial charge on any atom is -0.293 e. The predicted octanol–water partition coefficient (Wildman–Crippen LogP) is 0.842. The molecule has 0 fully saturated rings. The molecule has 0 aromatic rings. The van der Waals surface area contributed by atoms with Crippen molar-refractivity contribution in [2.24, 2.45) is 0 Å². The smallest absolute Gasteiger partial charge is 0.174 e. The average molecular weight is 101 g/mol. The third kappa shape index (κ3) is 2.03. The number of carbonyl (C=O) groups is 1. The van der Waals surface area contributed by atoms with E-state index in [0.717, 1.165) is 0 Å². The molecule has 0 rings (SSSR count). The van der Waals surface area contributed by atoms with E-state index in [9.17, 15) is 4.79 Å². The lowest BCUT2D eigenvalue weighted by Gasteiger charge is -1.72. The summed E-state index contributed by atoms with van der Waals surface area (Å²) in [5.41, 5.74) is 0. The average Bonchev–Trinajstić information content (AvgIpc) is 1.65. The zero-order valence-corrected chi connectivity index (χ0v) is 4.34. The molecule has 0 aliphatic heterocycles. The van der Waals surface area contributed by atoms with Crippen molar-refractivity contribution in [3.8, 4) is 0 Å². The van der Waals surface area contributed by atoms with Crippen LogP contribution in [-0.2, 0) is 4.79 Å². The lowest BCUT2D eigenvalue weighted by molar-refractivity contribution is -0.112. The lowest BCUT2D eigenvalue weighted by Crippen LogP contribution is -1.90. The molecule has 1 nitrogen and oxygen atoms in total. The summed E-state index contributed by atoms with van der Waals surface area (Å²) in [6.45, 7) is 1.75. The van der Waals surface area contributed by atoms with Crippen molar-refractivity contribution in [3.63, 3.8) is 0 Å². The summed E-state index contributed by atoms with van der Waals surface area (Å²) in [6.07, 6.45) is 0.476. The van der Waals surface area contributed by atoms with Crippen LogP contribution >= 0.6 is 12.2 Å². The van der Waals surface area contributed by atoms with Crippen LogP contribution in [-0.4, -0.2) is 11.2 Å². The van der Waals surface area contributed by atoms with E-state index in [0.29, 0.717) is 6.42 Å². The maximum atomic E-state index is 9.97. The zero-order chi connectivity index (χ0) is 4.99. The molecule has 1 radical (unpaired) electrons. The van der Waals surface area contributed by atoms with Gasteiger partial charge in [0.25, 0.3) is 0 Å². The van der Waals surface area contributed by atoms with E-state index in [1.54, 1.807) is 6.92 Å². The first-order valence-electron chi connectivity index (χ1n) is 1.72. The van der Waals surface area contributed by atoms with Crippen LogP contribution in [0.5, 0.6) is 0 Å². The Morgan fingerprint density at radius 1 is 2.00 bits per heavy atom. The molecule has 0 spiro atoms. The molecule has 0 aromatic carbocycles. The van der Waals surface area contributed by atoms with Gasteiger partial charge in [-0.2, -0.15) is 0 Å². The van der Waals surface area contributed by atoms with E-state index >= 15 is 0 Å². The van der Waals surface area contributed by atoms with Crippen LogP contribution in [0, 0.1) is 0 Å². The SMILES string of the molecule is CCC(=O)[C]=S. The molecule has 33 valence electrons. The van der Waals surface area contributed by atoms with Crippen molar-refractivity contribution in [2.45, 2.75) is 13.3 Å². The highest BCUT2D eigenvalue weighted by Crippen LogP contribution is 1.72. The first-order chi connectivity index (χ1) is 2.81. The number of ketones is 1. The van der Waals surface area contributed by atoms with Gasteiger partial charge in [0, 0.05) is 6.42 Å². The minimum atomic E-state index is -0.0926. The summed E-state index contributed by atoms with van der Waals surface area (Å²) in [4.78, 5) is 9.97. The van der Waals surface area contributed by atoms with E-state index in [1.807, 2.05) is 0 Å². The van der Waals surface area contributed by atoms with Gasteiger partial charge in [0.15, 0.2) is 5.78 Å². The summed E-state index contributed by atoms with van der Waals surface area (Å²) < 4.78 is 0. The van der Waals surface area contributed by atoms with E-state index in [1.165, 1.54) is 0 Å². The van der Waals surface area contributed by atoms with Gasteiger partial charge < -0.3 is 0 Å². The van der Waals surface area contributed by atoms with Gasteiger partial charge in [-0.3, -0.25) is 4.79 Å². The second-order valence-electron chi connectivity index (χ2n) is 0.879. The summed E-state index contributed by atoms with van der Waals surface area (Å²) in [5.74, 6) is -0.0926. The fraction of sp³-hybridized carbons (Fsp3) is 0.500. The number of Topliss-reactive ketones (excluding diaryl/α,β-unsaturated/α-hetero) is 1. The van der Waals surface area contributed by atoms with Gasteiger partial charge in [0.1, 0.15) is 5.37 Å². The molecule has 0 unspecified atom stereocenters. The van der Waals surface area contributed by atoms with Crippen molar-refractivity contribution >= 4 is 23.4 Å². The standard InChI is InChI=1S/C4H5OS/c1-2-4(5)3-6/h2H2,1H3. The Kier molecular flexibility index (Phi) is 2.85. The molecule has 0 aromatic heterocycles. The fourth-order valence-electron chi connectivity index (χ4n) is 0.0722. The topological polar surface area (TPSA) is 17.1 Å². The number of thiocarbonyl (C=S) groups is 1. The Labute approximate surface area is 42.4 Å². The minimum absolute atomic E-state index is 0.0926. The molecule has 0 atom stereocenters. The molecule has 0 amide bonds. The molecule has 0 saturated carbocycles. The monoisotopic (exact) mass is 101 g/mol. The Morgan fingerprint density at radius 3 is 2.50 bits per heavy atom. The summed E-state index contributed by atoms with van der Waals surface area (Å²) >= 11 is 4.17. The van der Waals surface area contributed by atoms with Gasteiger partial charge in [-0.15, -0.1) is 0 Å². The molecule has 6 heavy (non-hydrogen) atoms. The van der Waals surface area contributed by atoms with Crippen molar-refractivity contribution in [3.05, 3.63) is 0 Å². The molecule has 2 heteroatoms. The molecule has 0 bridgehead atoms. The van der Waals surface area contributed by atoms with Crippen molar-refractivity contribution < 1.29 is 4.79 Å². The maximum Gasteiger partial charge on any atom is 0.174 e. The fourth-order valence-corrected chi connectivity index (χ4v) is 0.217. The van der Waals surface area contributed by atoms with Gasteiger partial charge in [0.2, 0.25) is 0 Å². The van der Waals surface area contributed by atoms with E-state index in [-0.39, 0.29) is 5.78 Å². The quantitative estimate of drug-likeness (QED) is 0.479. The van der Waals surface area contributed by atoms with Crippen LogP contribution in [0.15, 0.2) is 0 Å². The van der Waals surface area contributed by atoms with Crippen LogP contribution < -0.4 is 0 Å². The van der Waals surface area contributed by atoms with Gasteiger partial charge >= 0.3 is 0 Å². The van der Waals surface area contributed by atoms with Crippen LogP contribution in [0.3, 0.4) is 0 Å². The van der Waals surface area contributed by atoms with Crippen LogP contribution in [0.25, 0.3) is 0 Å². The maximum absolute atomic E-state index is 9.97. The highest BCUT2D eigenvalue weighted by Gasteiger charge is 1.85. The molecule has 0 saturated heterocycles. The third-order valence-corrected chi connectivity index (χ3v) is 0.663. The van der Waals surface area contributed by atoms with Gasteiger partial charge in [0.05, 0.1) is 0 Å². The second-order valence-corrected chi connectivity index (χ2v) is 1.08. The Bertz CT molecular complexity index is 67.9. The highest BCUT2D eigenvalue weighted by molar-refractivity contribution is 7.80. The number of rotatable bonds is 2. The second kappa shape index (κ2) is 2.97. The molecule has 0 heterocycles. The molecular weight excluding hydrogens is 96.1 g/mol. The van der Waals surface area contributed by atoms with Crippen LogP contribution in [0.4, 0.5) is 0 Å².